The predicted molar refractivity (Wildman–Crippen MR) is 71.7 cm³/mol. The number of rotatable bonds is 1. The van der Waals surface area contributed by atoms with Gasteiger partial charge in [-0.25, -0.2) is 9.78 Å². The smallest absolute Gasteiger partial charge is 0.304 e. The Morgan fingerprint density at radius 2 is 2.16 bits per heavy atom. The van der Waals surface area contributed by atoms with Gasteiger partial charge in [-0.1, -0.05) is 6.92 Å². The van der Waals surface area contributed by atoms with Gasteiger partial charge in [0.2, 0.25) is 0 Å². The van der Waals surface area contributed by atoms with Gasteiger partial charge in [0, 0.05) is 12.2 Å². The predicted octanol–water partition coefficient (Wildman–Crippen LogP) is 2.35. The molecule has 0 bridgehead atoms. The molecule has 1 saturated carbocycles. The van der Waals surface area contributed by atoms with Crippen LogP contribution in [0.1, 0.15) is 44.2 Å². The van der Waals surface area contributed by atoms with Gasteiger partial charge in [0.25, 0.3) is 0 Å². The van der Waals surface area contributed by atoms with E-state index in [1.807, 2.05) is 6.07 Å². The number of nitrogens with one attached hydrogen (secondary N) is 1. The number of aromatic amines is 1. The van der Waals surface area contributed by atoms with Crippen LogP contribution in [0.15, 0.2) is 17.1 Å². The lowest BCUT2D eigenvalue weighted by Crippen LogP contribution is -2.25. The van der Waals surface area contributed by atoms with Crippen LogP contribution in [0.4, 0.5) is 0 Å². The molecular weight excluding hydrogens is 240 g/mol. The third kappa shape index (κ3) is 2.03. The van der Waals surface area contributed by atoms with Crippen LogP contribution in [0.5, 0.6) is 0 Å². The summed E-state index contributed by atoms with van der Waals surface area (Å²) in [7, 11) is 0. The monoisotopic (exact) mass is 256 g/mol. The quantitative estimate of drug-likeness (QED) is 0.851. The molecule has 5 nitrogen and oxygen atoms in total. The standard InChI is InChI=1S/C14H16N4O/c1-9-2-4-11(5-3-9)18-13-12(17-14(18)19)6-10(7-15)8-16-13/h6,8-9,11H,2-5H2,1H3,(H,17,19). The van der Waals surface area contributed by atoms with E-state index in [1.54, 1.807) is 10.6 Å². The zero-order chi connectivity index (χ0) is 13.4. The lowest BCUT2D eigenvalue weighted by molar-refractivity contribution is 0.289. The van der Waals surface area contributed by atoms with Gasteiger partial charge in [-0.3, -0.25) is 4.57 Å². The average Bonchev–Trinajstić information content (AvgIpc) is 2.74. The zero-order valence-electron chi connectivity index (χ0n) is 10.9. The van der Waals surface area contributed by atoms with Gasteiger partial charge in [0.05, 0.1) is 11.1 Å². The SMILES string of the molecule is CC1CCC(n2c(=O)[nH]c3cc(C#N)cnc32)CC1. The van der Waals surface area contributed by atoms with Gasteiger partial charge in [0.1, 0.15) is 6.07 Å². The molecule has 98 valence electrons. The van der Waals surface area contributed by atoms with Crippen molar-refractivity contribution in [2.45, 2.75) is 38.6 Å². The highest BCUT2D eigenvalue weighted by Crippen LogP contribution is 2.32. The average molecular weight is 256 g/mol. The highest BCUT2D eigenvalue weighted by molar-refractivity contribution is 5.72. The minimum Gasteiger partial charge on any atom is -0.304 e. The molecule has 19 heavy (non-hydrogen) atoms. The Kier molecular flexibility index (Phi) is 2.86. The Hall–Kier alpha value is -2.09. The number of hydrogen-bond donors (Lipinski definition) is 1. The van der Waals surface area contributed by atoms with Crippen LogP contribution in [0, 0.1) is 17.2 Å². The molecule has 0 atom stereocenters. The molecule has 5 heteroatoms. The van der Waals surface area contributed by atoms with Crippen molar-refractivity contribution in [2.24, 2.45) is 5.92 Å². The molecule has 0 radical (unpaired) electrons. The fourth-order valence-corrected chi connectivity index (χ4v) is 2.91. The fraction of sp³-hybridized carbons (Fsp3) is 0.500. The number of imidazole rings is 1. The van der Waals surface area contributed by atoms with Crippen LogP contribution in [0.2, 0.25) is 0 Å². The van der Waals surface area contributed by atoms with Crippen molar-refractivity contribution < 1.29 is 0 Å². The molecule has 0 amide bonds. The van der Waals surface area contributed by atoms with Crippen LogP contribution in [-0.4, -0.2) is 14.5 Å². The topological polar surface area (TPSA) is 74.5 Å². The highest BCUT2D eigenvalue weighted by Gasteiger charge is 2.23. The first kappa shape index (κ1) is 12.0. The van der Waals surface area contributed by atoms with Gasteiger partial charge in [0.15, 0.2) is 5.65 Å². The fourth-order valence-electron chi connectivity index (χ4n) is 2.91. The molecule has 0 unspecified atom stereocenters. The van der Waals surface area contributed by atoms with Crippen LogP contribution in [0.25, 0.3) is 11.2 Å². The molecule has 1 aliphatic rings. The summed E-state index contributed by atoms with van der Waals surface area (Å²) in [6, 6.07) is 3.96. The molecule has 0 spiro atoms. The van der Waals surface area contributed by atoms with E-state index < -0.39 is 0 Å². The van der Waals surface area contributed by atoms with Crippen molar-refractivity contribution in [3.63, 3.8) is 0 Å². The molecule has 2 aromatic rings. The lowest BCUT2D eigenvalue weighted by atomic mass is 9.87. The minimum absolute atomic E-state index is 0.114. The molecule has 3 rings (SSSR count). The highest BCUT2D eigenvalue weighted by atomic mass is 16.1. The van der Waals surface area contributed by atoms with E-state index in [-0.39, 0.29) is 11.7 Å². The normalized spacial score (nSPS) is 23.4. The summed E-state index contributed by atoms with van der Waals surface area (Å²) < 4.78 is 1.77. The summed E-state index contributed by atoms with van der Waals surface area (Å²) in [6.45, 7) is 2.26. The van der Waals surface area contributed by atoms with E-state index in [9.17, 15) is 4.79 Å². The maximum atomic E-state index is 12.1. The molecule has 1 aliphatic carbocycles. The van der Waals surface area contributed by atoms with E-state index >= 15 is 0 Å². The first-order chi connectivity index (χ1) is 9.19. The molecule has 1 fully saturated rings. The van der Waals surface area contributed by atoms with Crippen molar-refractivity contribution in [3.05, 3.63) is 28.3 Å². The molecule has 2 heterocycles. The number of pyridine rings is 1. The Labute approximate surface area is 110 Å². The first-order valence-corrected chi connectivity index (χ1v) is 6.69. The number of H-pyrrole nitrogens is 1. The molecular formula is C14H16N4O. The maximum absolute atomic E-state index is 12.1. The van der Waals surface area contributed by atoms with Crippen molar-refractivity contribution in [2.75, 3.05) is 0 Å². The Morgan fingerprint density at radius 1 is 1.42 bits per heavy atom. The van der Waals surface area contributed by atoms with E-state index in [2.05, 4.69) is 16.9 Å². The number of nitriles is 1. The lowest BCUT2D eigenvalue weighted by Gasteiger charge is -2.26. The van der Waals surface area contributed by atoms with Gasteiger partial charge in [-0.05, 0) is 37.7 Å². The van der Waals surface area contributed by atoms with Gasteiger partial charge in [-0.15, -0.1) is 0 Å². The van der Waals surface area contributed by atoms with Crippen LogP contribution in [0.3, 0.4) is 0 Å². The number of nitrogens with zero attached hydrogens (tertiary/aromatic N) is 3. The van der Waals surface area contributed by atoms with Gasteiger partial charge >= 0.3 is 5.69 Å². The summed E-state index contributed by atoms with van der Waals surface area (Å²) in [5, 5.41) is 8.86. The Morgan fingerprint density at radius 3 is 2.84 bits per heavy atom. The minimum atomic E-state index is -0.114. The maximum Gasteiger partial charge on any atom is 0.327 e. The molecule has 0 aromatic carbocycles. The molecule has 2 aromatic heterocycles. The number of aromatic nitrogens is 3. The zero-order valence-corrected chi connectivity index (χ0v) is 10.9. The molecule has 0 saturated heterocycles. The van der Waals surface area contributed by atoms with Crippen molar-refractivity contribution in [1.29, 1.82) is 5.26 Å². The summed E-state index contributed by atoms with van der Waals surface area (Å²) in [4.78, 5) is 19.2. The van der Waals surface area contributed by atoms with E-state index in [0.717, 1.165) is 31.6 Å². The largest absolute Gasteiger partial charge is 0.327 e. The summed E-state index contributed by atoms with van der Waals surface area (Å²) in [5.74, 6) is 0.746. The third-order valence-corrected chi connectivity index (χ3v) is 4.03. The van der Waals surface area contributed by atoms with E-state index in [0.29, 0.717) is 16.7 Å². The second-order valence-corrected chi connectivity index (χ2v) is 5.42. The summed E-state index contributed by atoms with van der Waals surface area (Å²) >= 11 is 0. The van der Waals surface area contributed by atoms with Crippen molar-refractivity contribution in [3.8, 4) is 6.07 Å². The molecule has 0 aliphatic heterocycles. The van der Waals surface area contributed by atoms with Crippen molar-refractivity contribution >= 4 is 11.2 Å². The third-order valence-electron chi connectivity index (χ3n) is 4.03. The van der Waals surface area contributed by atoms with E-state index in [4.69, 9.17) is 5.26 Å². The number of hydrogen-bond acceptors (Lipinski definition) is 3. The second kappa shape index (κ2) is 4.54. The second-order valence-electron chi connectivity index (χ2n) is 5.42. The van der Waals surface area contributed by atoms with Gasteiger partial charge < -0.3 is 4.98 Å². The number of fused-ring (bicyclic) bond motifs is 1. The van der Waals surface area contributed by atoms with Crippen molar-refractivity contribution in [1.82, 2.24) is 14.5 Å². The Bertz CT molecular complexity index is 698. The summed E-state index contributed by atoms with van der Waals surface area (Å²) in [6.07, 6.45) is 5.88. The van der Waals surface area contributed by atoms with Gasteiger partial charge in [-0.2, -0.15) is 5.26 Å². The Balaban J connectivity index is 2.06. The first-order valence-electron chi connectivity index (χ1n) is 6.69. The van der Waals surface area contributed by atoms with Crippen LogP contribution < -0.4 is 5.69 Å². The van der Waals surface area contributed by atoms with Crippen LogP contribution in [-0.2, 0) is 0 Å². The van der Waals surface area contributed by atoms with Crippen LogP contribution >= 0.6 is 0 Å². The van der Waals surface area contributed by atoms with E-state index in [1.165, 1.54) is 6.20 Å². The summed E-state index contributed by atoms with van der Waals surface area (Å²) in [5.41, 5.74) is 1.68. The molecule has 1 N–H and O–H groups in total.